The third-order valence-corrected chi connectivity index (χ3v) is 4.12. The van der Waals surface area contributed by atoms with E-state index in [4.69, 9.17) is 4.74 Å². The number of nitrogens with one attached hydrogen (secondary N) is 1. The lowest BCUT2D eigenvalue weighted by Gasteiger charge is -2.27. The van der Waals surface area contributed by atoms with Crippen LogP contribution in [-0.4, -0.2) is 25.7 Å². The molecule has 3 nitrogen and oxygen atoms in total. The standard InChI is InChI=1S/C15H29NO2/c1-4-5-6-14(15(17)18-3)16-11-13-9-7-12(2)8-10-13/h12-14,16H,4-11H2,1-3H3. The zero-order valence-electron chi connectivity index (χ0n) is 12.2. The topological polar surface area (TPSA) is 38.3 Å². The van der Waals surface area contributed by atoms with Gasteiger partial charge in [0, 0.05) is 0 Å². The fourth-order valence-electron chi connectivity index (χ4n) is 2.70. The summed E-state index contributed by atoms with van der Waals surface area (Å²) in [6.45, 7) is 5.45. The Morgan fingerprint density at radius 3 is 2.56 bits per heavy atom. The first-order chi connectivity index (χ1) is 8.67. The summed E-state index contributed by atoms with van der Waals surface area (Å²) in [6, 6.07) is -0.103. The lowest BCUT2D eigenvalue weighted by molar-refractivity contribution is -0.143. The van der Waals surface area contributed by atoms with Crippen molar-refractivity contribution in [3.8, 4) is 0 Å². The van der Waals surface area contributed by atoms with Crippen molar-refractivity contribution in [1.29, 1.82) is 0 Å². The molecule has 0 aromatic carbocycles. The van der Waals surface area contributed by atoms with E-state index in [1.807, 2.05) is 0 Å². The molecule has 106 valence electrons. The van der Waals surface area contributed by atoms with Crippen LogP contribution in [0, 0.1) is 11.8 Å². The van der Waals surface area contributed by atoms with Gasteiger partial charge in [0.25, 0.3) is 0 Å². The Hall–Kier alpha value is -0.570. The fourth-order valence-corrected chi connectivity index (χ4v) is 2.70. The number of rotatable bonds is 7. The molecule has 0 amide bonds. The van der Waals surface area contributed by atoms with Crippen LogP contribution in [0.4, 0.5) is 0 Å². The third-order valence-electron chi connectivity index (χ3n) is 4.12. The average molecular weight is 255 g/mol. The molecule has 0 aliphatic heterocycles. The molecular weight excluding hydrogens is 226 g/mol. The van der Waals surface area contributed by atoms with Crippen LogP contribution in [0.1, 0.15) is 58.8 Å². The highest BCUT2D eigenvalue weighted by atomic mass is 16.5. The van der Waals surface area contributed by atoms with Gasteiger partial charge in [-0.15, -0.1) is 0 Å². The molecule has 0 radical (unpaired) electrons. The van der Waals surface area contributed by atoms with E-state index in [-0.39, 0.29) is 12.0 Å². The molecule has 1 fully saturated rings. The van der Waals surface area contributed by atoms with Crippen molar-refractivity contribution < 1.29 is 9.53 Å². The molecular formula is C15H29NO2. The smallest absolute Gasteiger partial charge is 0.322 e. The molecule has 0 heterocycles. The first-order valence-electron chi connectivity index (χ1n) is 7.48. The number of ether oxygens (including phenoxy) is 1. The van der Waals surface area contributed by atoms with Crippen LogP contribution in [0.2, 0.25) is 0 Å². The Morgan fingerprint density at radius 1 is 1.33 bits per heavy atom. The van der Waals surface area contributed by atoms with Gasteiger partial charge in [-0.1, -0.05) is 39.5 Å². The normalized spacial score (nSPS) is 25.7. The molecule has 0 spiro atoms. The molecule has 3 heteroatoms. The molecule has 1 atom stereocenters. The number of hydrogen-bond acceptors (Lipinski definition) is 3. The predicted octanol–water partition coefficient (Wildman–Crippen LogP) is 3.13. The van der Waals surface area contributed by atoms with Crippen molar-refractivity contribution in [2.75, 3.05) is 13.7 Å². The van der Waals surface area contributed by atoms with Crippen LogP contribution in [0.3, 0.4) is 0 Å². The molecule has 0 saturated heterocycles. The van der Waals surface area contributed by atoms with Gasteiger partial charge in [-0.05, 0) is 37.6 Å². The highest BCUT2D eigenvalue weighted by Gasteiger charge is 2.22. The second-order valence-corrected chi connectivity index (χ2v) is 5.75. The van der Waals surface area contributed by atoms with Crippen molar-refractivity contribution in [3.63, 3.8) is 0 Å². The molecule has 0 bridgehead atoms. The number of carbonyl (C=O) groups is 1. The molecule has 1 unspecified atom stereocenters. The van der Waals surface area contributed by atoms with Gasteiger partial charge in [-0.3, -0.25) is 4.79 Å². The summed E-state index contributed by atoms with van der Waals surface area (Å²) in [5.74, 6) is 1.53. The van der Waals surface area contributed by atoms with E-state index in [0.29, 0.717) is 0 Å². The second-order valence-electron chi connectivity index (χ2n) is 5.75. The maximum atomic E-state index is 11.7. The average Bonchev–Trinajstić information content (AvgIpc) is 2.40. The van der Waals surface area contributed by atoms with Crippen LogP contribution in [-0.2, 0) is 9.53 Å². The van der Waals surface area contributed by atoms with Gasteiger partial charge in [0.1, 0.15) is 6.04 Å². The molecule has 0 aromatic heterocycles. The lowest BCUT2D eigenvalue weighted by Crippen LogP contribution is -2.40. The minimum Gasteiger partial charge on any atom is -0.468 e. The second kappa shape index (κ2) is 8.52. The van der Waals surface area contributed by atoms with Gasteiger partial charge < -0.3 is 10.1 Å². The molecule has 0 aromatic rings. The van der Waals surface area contributed by atoms with Crippen LogP contribution >= 0.6 is 0 Å². The van der Waals surface area contributed by atoms with Gasteiger partial charge in [0.2, 0.25) is 0 Å². The summed E-state index contributed by atoms with van der Waals surface area (Å²) in [5, 5.41) is 3.42. The Bertz CT molecular complexity index is 235. The van der Waals surface area contributed by atoms with Crippen LogP contribution in [0.5, 0.6) is 0 Å². The van der Waals surface area contributed by atoms with Crippen LogP contribution in [0.15, 0.2) is 0 Å². The van der Waals surface area contributed by atoms with Crippen molar-refractivity contribution in [1.82, 2.24) is 5.32 Å². The minimum atomic E-state index is -0.104. The SMILES string of the molecule is CCCCC(NCC1CCC(C)CC1)C(=O)OC. The summed E-state index contributed by atoms with van der Waals surface area (Å²) >= 11 is 0. The van der Waals surface area contributed by atoms with Gasteiger partial charge >= 0.3 is 5.97 Å². The monoisotopic (exact) mass is 255 g/mol. The number of unbranched alkanes of at least 4 members (excludes halogenated alkanes) is 1. The Morgan fingerprint density at radius 2 is 2.00 bits per heavy atom. The van der Waals surface area contributed by atoms with E-state index in [2.05, 4.69) is 19.2 Å². The van der Waals surface area contributed by atoms with E-state index < -0.39 is 0 Å². The molecule has 18 heavy (non-hydrogen) atoms. The fraction of sp³-hybridized carbons (Fsp3) is 0.933. The van der Waals surface area contributed by atoms with Crippen LogP contribution < -0.4 is 5.32 Å². The van der Waals surface area contributed by atoms with Gasteiger partial charge in [0.15, 0.2) is 0 Å². The molecule has 1 rings (SSSR count). The molecule has 1 aliphatic carbocycles. The quantitative estimate of drug-likeness (QED) is 0.710. The Balaban J connectivity index is 2.29. The first kappa shape index (κ1) is 15.5. The number of hydrogen-bond donors (Lipinski definition) is 1. The maximum absolute atomic E-state index is 11.7. The van der Waals surface area contributed by atoms with Crippen molar-refractivity contribution >= 4 is 5.97 Å². The number of carbonyl (C=O) groups excluding carboxylic acids is 1. The summed E-state index contributed by atoms with van der Waals surface area (Å²) in [7, 11) is 1.48. The Kier molecular flexibility index (Phi) is 7.33. The molecule has 1 N–H and O–H groups in total. The minimum absolute atomic E-state index is 0.103. The van der Waals surface area contributed by atoms with Gasteiger partial charge in [-0.2, -0.15) is 0 Å². The predicted molar refractivity (Wildman–Crippen MR) is 74.5 cm³/mol. The third kappa shape index (κ3) is 5.38. The van der Waals surface area contributed by atoms with Crippen molar-refractivity contribution in [3.05, 3.63) is 0 Å². The summed E-state index contributed by atoms with van der Waals surface area (Å²) in [6.07, 6.45) is 8.37. The number of methoxy groups -OCH3 is 1. The number of esters is 1. The van der Waals surface area contributed by atoms with Crippen molar-refractivity contribution in [2.45, 2.75) is 64.8 Å². The summed E-state index contributed by atoms with van der Waals surface area (Å²) in [4.78, 5) is 11.7. The highest BCUT2D eigenvalue weighted by Crippen LogP contribution is 2.27. The lowest BCUT2D eigenvalue weighted by atomic mass is 9.83. The zero-order chi connectivity index (χ0) is 13.4. The van der Waals surface area contributed by atoms with Gasteiger partial charge in [0.05, 0.1) is 7.11 Å². The summed E-state index contributed by atoms with van der Waals surface area (Å²) < 4.78 is 4.86. The van der Waals surface area contributed by atoms with E-state index in [1.165, 1.54) is 32.8 Å². The van der Waals surface area contributed by atoms with Gasteiger partial charge in [-0.25, -0.2) is 0 Å². The first-order valence-corrected chi connectivity index (χ1v) is 7.48. The Labute approximate surface area is 112 Å². The van der Waals surface area contributed by atoms with Crippen LogP contribution in [0.25, 0.3) is 0 Å². The molecule has 1 saturated carbocycles. The van der Waals surface area contributed by atoms with E-state index >= 15 is 0 Å². The van der Waals surface area contributed by atoms with E-state index in [0.717, 1.165) is 37.6 Å². The molecule has 1 aliphatic rings. The zero-order valence-corrected chi connectivity index (χ0v) is 12.2. The van der Waals surface area contributed by atoms with Crippen molar-refractivity contribution in [2.24, 2.45) is 11.8 Å². The largest absolute Gasteiger partial charge is 0.468 e. The summed E-state index contributed by atoms with van der Waals surface area (Å²) in [5.41, 5.74) is 0. The maximum Gasteiger partial charge on any atom is 0.322 e. The van der Waals surface area contributed by atoms with E-state index in [1.54, 1.807) is 0 Å². The highest BCUT2D eigenvalue weighted by molar-refractivity contribution is 5.75. The van der Waals surface area contributed by atoms with E-state index in [9.17, 15) is 4.79 Å².